The van der Waals surface area contributed by atoms with Crippen molar-refractivity contribution in [1.82, 2.24) is 9.97 Å². The van der Waals surface area contributed by atoms with Crippen LogP contribution in [-0.4, -0.2) is 30.6 Å². The zero-order chi connectivity index (χ0) is 13.2. The lowest BCUT2D eigenvalue weighted by Crippen LogP contribution is -2.30. The van der Waals surface area contributed by atoms with E-state index in [2.05, 4.69) is 33.3 Å². The maximum atomic E-state index is 4.63. The average Bonchev–Trinajstić information content (AvgIpc) is 2.41. The number of anilines is 2. The fourth-order valence-corrected chi connectivity index (χ4v) is 2.61. The van der Waals surface area contributed by atoms with Crippen molar-refractivity contribution < 1.29 is 0 Å². The van der Waals surface area contributed by atoms with Crippen molar-refractivity contribution in [3.63, 3.8) is 0 Å². The van der Waals surface area contributed by atoms with Crippen LogP contribution in [0.2, 0.25) is 0 Å². The van der Waals surface area contributed by atoms with Gasteiger partial charge in [0.15, 0.2) is 0 Å². The minimum atomic E-state index is 0.689. The van der Waals surface area contributed by atoms with Gasteiger partial charge in [-0.3, -0.25) is 0 Å². The fraction of sp³-hybridized carbons (Fsp3) is 0.467. The molecule has 19 heavy (non-hydrogen) atoms. The van der Waals surface area contributed by atoms with Crippen LogP contribution in [0.1, 0.15) is 19.3 Å². The largest absolute Gasteiger partial charge is 0.359 e. The van der Waals surface area contributed by atoms with Crippen LogP contribution < -0.4 is 10.2 Å². The van der Waals surface area contributed by atoms with Gasteiger partial charge in [-0.1, -0.05) is 18.6 Å². The lowest BCUT2D eigenvalue weighted by molar-refractivity contribution is 0.321. The Hall–Kier alpha value is -1.84. The van der Waals surface area contributed by atoms with Gasteiger partial charge >= 0.3 is 0 Å². The maximum Gasteiger partial charge on any atom is 0.224 e. The topological polar surface area (TPSA) is 41.1 Å². The monoisotopic (exact) mass is 256 g/mol. The van der Waals surface area contributed by atoms with Gasteiger partial charge in [-0.05, 0) is 30.9 Å². The molecule has 0 aliphatic heterocycles. The highest BCUT2D eigenvalue weighted by Gasteiger charge is 2.21. The van der Waals surface area contributed by atoms with Gasteiger partial charge in [-0.2, -0.15) is 4.98 Å². The van der Waals surface area contributed by atoms with E-state index < -0.39 is 0 Å². The summed E-state index contributed by atoms with van der Waals surface area (Å²) in [6.45, 7) is 1.09. The molecule has 1 aliphatic carbocycles. The Kier molecular flexibility index (Phi) is 3.23. The first-order valence-corrected chi connectivity index (χ1v) is 6.93. The summed E-state index contributed by atoms with van der Waals surface area (Å²) in [7, 11) is 3.99. The maximum absolute atomic E-state index is 4.63. The molecular formula is C15H20N4. The Balaban J connectivity index is 1.99. The minimum Gasteiger partial charge on any atom is -0.359 e. The van der Waals surface area contributed by atoms with E-state index in [1.807, 2.05) is 25.2 Å². The molecule has 4 heteroatoms. The Morgan fingerprint density at radius 2 is 2.05 bits per heavy atom. The molecule has 0 bridgehead atoms. The van der Waals surface area contributed by atoms with Crippen molar-refractivity contribution in [2.24, 2.45) is 5.92 Å². The molecule has 0 amide bonds. The molecule has 1 aromatic carbocycles. The van der Waals surface area contributed by atoms with Gasteiger partial charge in [0.25, 0.3) is 0 Å². The van der Waals surface area contributed by atoms with Gasteiger partial charge in [0.05, 0.1) is 5.52 Å². The molecule has 0 spiro atoms. The summed E-state index contributed by atoms with van der Waals surface area (Å²) < 4.78 is 0. The average molecular weight is 256 g/mol. The van der Waals surface area contributed by atoms with E-state index in [4.69, 9.17) is 0 Å². The summed E-state index contributed by atoms with van der Waals surface area (Å²) in [6.07, 6.45) is 4.09. The molecule has 1 aliphatic rings. The first-order chi connectivity index (χ1) is 9.28. The smallest absolute Gasteiger partial charge is 0.224 e. The van der Waals surface area contributed by atoms with Crippen LogP contribution in [-0.2, 0) is 0 Å². The summed E-state index contributed by atoms with van der Waals surface area (Å²) >= 11 is 0. The quantitative estimate of drug-likeness (QED) is 0.913. The first-order valence-electron chi connectivity index (χ1n) is 6.93. The van der Waals surface area contributed by atoms with Crippen LogP contribution in [0.3, 0.4) is 0 Å². The van der Waals surface area contributed by atoms with Crippen molar-refractivity contribution >= 4 is 22.7 Å². The van der Waals surface area contributed by atoms with Gasteiger partial charge in [-0.25, -0.2) is 4.98 Å². The van der Waals surface area contributed by atoms with Crippen LogP contribution in [0.5, 0.6) is 0 Å². The predicted molar refractivity (Wildman–Crippen MR) is 79.7 cm³/mol. The molecule has 4 nitrogen and oxygen atoms in total. The highest BCUT2D eigenvalue weighted by atomic mass is 15.2. The number of hydrogen-bond donors (Lipinski definition) is 1. The number of para-hydroxylation sites is 1. The van der Waals surface area contributed by atoms with Gasteiger partial charge in [0.1, 0.15) is 5.82 Å². The number of aromatic nitrogens is 2. The minimum absolute atomic E-state index is 0.689. The summed E-state index contributed by atoms with van der Waals surface area (Å²) in [4.78, 5) is 11.4. The molecule has 0 saturated heterocycles. The second kappa shape index (κ2) is 5.03. The van der Waals surface area contributed by atoms with E-state index in [9.17, 15) is 0 Å². The van der Waals surface area contributed by atoms with Crippen LogP contribution in [0.4, 0.5) is 11.8 Å². The van der Waals surface area contributed by atoms with Crippen molar-refractivity contribution in [3.05, 3.63) is 24.3 Å². The first kappa shape index (κ1) is 12.2. The molecule has 100 valence electrons. The van der Waals surface area contributed by atoms with E-state index in [-0.39, 0.29) is 0 Å². The molecule has 2 aromatic rings. The lowest BCUT2D eigenvalue weighted by Gasteiger charge is -2.31. The second-order valence-corrected chi connectivity index (χ2v) is 5.32. The molecule has 1 saturated carbocycles. The van der Waals surface area contributed by atoms with Gasteiger partial charge < -0.3 is 10.2 Å². The molecule has 1 fully saturated rings. The summed E-state index contributed by atoms with van der Waals surface area (Å²) in [6, 6.07) is 8.20. The Bertz CT molecular complexity index is 577. The Labute approximate surface area is 113 Å². The second-order valence-electron chi connectivity index (χ2n) is 5.32. The highest BCUT2D eigenvalue weighted by Crippen LogP contribution is 2.30. The number of rotatable bonds is 4. The van der Waals surface area contributed by atoms with Crippen molar-refractivity contribution in [2.45, 2.75) is 19.3 Å². The third-order valence-corrected chi connectivity index (χ3v) is 3.93. The van der Waals surface area contributed by atoms with E-state index in [0.29, 0.717) is 5.95 Å². The predicted octanol–water partition coefficient (Wildman–Crippen LogP) is 2.91. The van der Waals surface area contributed by atoms with Gasteiger partial charge in [-0.15, -0.1) is 0 Å². The van der Waals surface area contributed by atoms with Gasteiger partial charge in [0.2, 0.25) is 5.95 Å². The SMILES string of the molecule is CNc1nc(N(C)CC2CCC2)c2ccccc2n1. The Morgan fingerprint density at radius 1 is 1.26 bits per heavy atom. The molecular weight excluding hydrogens is 236 g/mol. The molecule has 1 heterocycles. The number of fused-ring (bicyclic) bond motifs is 1. The third-order valence-electron chi connectivity index (χ3n) is 3.93. The van der Waals surface area contributed by atoms with Crippen LogP contribution in [0.15, 0.2) is 24.3 Å². The van der Waals surface area contributed by atoms with Crippen molar-refractivity contribution in [1.29, 1.82) is 0 Å². The zero-order valence-electron chi connectivity index (χ0n) is 11.6. The third kappa shape index (κ3) is 2.35. The summed E-state index contributed by atoms with van der Waals surface area (Å²) in [5.74, 6) is 2.55. The number of hydrogen-bond acceptors (Lipinski definition) is 4. The van der Waals surface area contributed by atoms with E-state index in [1.165, 1.54) is 19.3 Å². The zero-order valence-corrected chi connectivity index (χ0v) is 11.6. The molecule has 0 radical (unpaired) electrons. The van der Waals surface area contributed by atoms with E-state index >= 15 is 0 Å². The van der Waals surface area contributed by atoms with Crippen molar-refractivity contribution in [3.8, 4) is 0 Å². The standard InChI is InChI=1S/C15H20N4/c1-16-15-17-13-9-4-3-8-12(13)14(18-15)19(2)10-11-6-5-7-11/h3-4,8-9,11H,5-7,10H2,1-2H3,(H,16,17,18). The molecule has 1 aromatic heterocycles. The van der Waals surface area contributed by atoms with E-state index in [1.54, 1.807) is 0 Å². The number of benzene rings is 1. The van der Waals surface area contributed by atoms with Crippen molar-refractivity contribution in [2.75, 3.05) is 30.9 Å². The summed E-state index contributed by atoms with van der Waals surface area (Å²) in [5, 5.41) is 4.17. The normalized spacial score (nSPS) is 15.3. The Morgan fingerprint density at radius 3 is 2.74 bits per heavy atom. The van der Waals surface area contributed by atoms with Gasteiger partial charge in [0, 0.05) is 26.0 Å². The highest BCUT2D eigenvalue weighted by molar-refractivity contribution is 5.90. The molecule has 1 N–H and O–H groups in total. The molecule has 3 rings (SSSR count). The lowest BCUT2D eigenvalue weighted by atomic mass is 9.85. The summed E-state index contributed by atoms with van der Waals surface area (Å²) in [5.41, 5.74) is 0.998. The number of nitrogens with zero attached hydrogens (tertiary/aromatic N) is 3. The van der Waals surface area contributed by atoms with E-state index in [0.717, 1.165) is 29.2 Å². The molecule has 0 atom stereocenters. The van der Waals surface area contributed by atoms with Crippen LogP contribution in [0, 0.1) is 5.92 Å². The number of nitrogens with one attached hydrogen (secondary N) is 1. The molecule has 0 unspecified atom stereocenters. The fourth-order valence-electron chi connectivity index (χ4n) is 2.61. The van der Waals surface area contributed by atoms with Crippen LogP contribution in [0.25, 0.3) is 10.9 Å². The van der Waals surface area contributed by atoms with Crippen LogP contribution >= 0.6 is 0 Å².